The molecule has 0 atom stereocenters. The molecule has 3 aromatic heterocycles. The minimum absolute atomic E-state index is 0.181. The molecule has 0 bridgehead atoms. The monoisotopic (exact) mass is 423 g/mol. The standard InChI is InChI=1S/C17H16Cl3N7/c1-8(2)27-7-22-14-15(25-17(20)26-16(14)27)21-4-3-13-23-11-5-9(18)10(19)6-12(11)24-13/h5-8H,3-4H2,1-2H3,(H,23,24)(H,21,25,26). The number of nitrogens with one attached hydrogen (secondary N) is 2. The molecule has 0 saturated carbocycles. The molecular weight excluding hydrogens is 409 g/mol. The van der Waals surface area contributed by atoms with Crippen LogP contribution in [0.1, 0.15) is 25.7 Å². The summed E-state index contributed by atoms with van der Waals surface area (Å²) in [6.45, 7) is 4.72. The summed E-state index contributed by atoms with van der Waals surface area (Å²) in [5.41, 5.74) is 3.03. The predicted octanol–water partition coefficient (Wildman–Crippen LogP) is 4.90. The predicted molar refractivity (Wildman–Crippen MR) is 109 cm³/mol. The number of aromatic amines is 1. The molecule has 4 rings (SSSR count). The van der Waals surface area contributed by atoms with E-state index in [9.17, 15) is 0 Å². The van der Waals surface area contributed by atoms with Crippen LogP contribution in [0.3, 0.4) is 0 Å². The number of anilines is 1. The zero-order valence-corrected chi connectivity index (χ0v) is 16.9. The van der Waals surface area contributed by atoms with Gasteiger partial charge < -0.3 is 14.9 Å². The Hall–Kier alpha value is -2.09. The Kier molecular flexibility index (Phi) is 4.84. The lowest BCUT2D eigenvalue weighted by molar-refractivity contribution is 0.612. The van der Waals surface area contributed by atoms with Gasteiger partial charge in [-0.25, -0.2) is 9.97 Å². The fraction of sp³-hybridized carbons (Fsp3) is 0.294. The number of nitrogens with zero attached hydrogens (tertiary/aromatic N) is 5. The third-order valence-corrected chi connectivity index (χ3v) is 5.07. The second-order valence-corrected chi connectivity index (χ2v) is 7.56. The zero-order valence-electron chi connectivity index (χ0n) is 14.6. The minimum atomic E-state index is 0.181. The number of rotatable bonds is 5. The molecule has 0 amide bonds. The normalized spacial score (nSPS) is 11.8. The van der Waals surface area contributed by atoms with Crippen molar-refractivity contribution in [1.82, 2.24) is 29.5 Å². The number of hydrogen-bond donors (Lipinski definition) is 2. The Bertz CT molecular complexity index is 1090. The van der Waals surface area contributed by atoms with Crippen LogP contribution in [0.2, 0.25) is 15.3 Å². The van der Waals surface area contributed by atoms with E-state index in [4.69, 9.17) is 34.8 Å². The Morgan fingerprint density at radius 2 is 1.89 bits per heavy atom. The van der Waals surface area contributed by atoms with Gasteiger partial charge in [-0.15, -0.1) is 0 Å². The molecule has 0 aliphatic rings. The summed E-state index contributed by atoms with van der Waals surface area (Å²) in [6, 6.07) is 3.75. The van der Waals surface area contributed by atoms with Gasteiger partial charge in [0.05, 0.1) is 27.4 Å². The second kappa shape index (κ2) is 7.14. The van der Waals surface area contributed by atoms with Crippen LogP contribution in [-0.4, -0.2) is 36.0 Å². The first-order valence-electron chi connectivity index (χ1n) is 8.40. The fourth-order valence-electron chi connectivity index (χ4n) is 2.87. The maximum absolute atomic E-state index is 6.09. The lowest BCUT2D eigenvalue weighted by Crippen LogP contribution is -2.09. The van der Waals surface area contributed by atoms with Crippen LogP contribution in [-0.2, 0) is 6.42 Å². The SMILES string of the molecule is CC(C)n1cnc2c(NCCc3nc4cc(Cl)c(Cl)cc4[nH]3)nc(Cl)nc21. The molecule has 27 heavy (non-hydrogen) atoms. The van der Waals surface area contributed by atoms with Crippen molar-refractivity contribution in [2.24, 2.45) is 0 Å². The highest BCUT2D eigenvalue weighted by Gasteiger charge is 2.14. The Balaban J connectivity index is 1.54. The lowest BCUT2D eigenvalue weighted by atomic mass is 10.3. The smallest absolute Gasteiger partial charge is 0.226 e. The molecule has 0 aliphatic heterocycles. The summed E-state index contributed by atoms with van der Waals surface area (Å²) in [5.74, 6) is 1.42. The number of halogens is 3. The largest absolute Gasteiger partial charge is 0.368 e. The van der Waals surface area contributed by atoms with Crippen molar-refractivity contribution in [3.8, 4) is 0 Å². The Morgan fingerprint density at radius 3 is 2.67 bits per heavy atom. The zero-order chi connectivity index (χ0) is 19.1. The molecule has 0 saturated heterocycles. The van der Waals surface area contributed by atoms with Crippen LogP contribution < -0.4 is 5.32 Å². The van der Waals surface area contributed by atoms with Gasteiger partial charge in [0.25, 0.3) is 0 Å². The first-order chi connectivity index (χ1) is 12.9. The molecule has 0 aliphatic carbocycles. The van der Waals surface area contributed by atoms with Gasteiger partial charge in [0.15, 0.2) is 17.0 Å². The number of imidazole rings is 2. The second-order valence-electron chi connectivity index (χ2n) is 6.40. The van der Waals surface area contributed by atoms with E-state index in [1.807, 2.05) is 4.57 Å². The fourth-order valence-corrected chi connectivity index (χ4v) is 3.35. The van der Waals surface area contributed by atoms with E-state index >= 15 is 0 Å². The van der Waals surface area contributed by atoms with Crippen LogP contribution in [0.15, 0.2) is 18.5 Å². The van der Waals surface area contributed by atoms with Gasteiger partial charge in [0, 0.05) is 19.0 Å². The van der Waals surface area contributed by atoms with Crippen molar-refractivity contribution in [3.63, 3.8) is 0 Å². The van der Waals surface area contributed by atoms with Crippen molar-refractivity contribution in [2.45, 2.75) is 26.3 Å². The molecule has 4 aromatic rings. The van der Waals surface area contributed by atoms with Crippen molar-refractivity contribution in [1.29, 1.82) is 0 Å². The van der Waals surface area contributed by atoms with E-state index in [-0.39, 0.29) is 11.3 Å². The van der Waals surface area contributed by atoms with E-state index in [0.29, 0.717) is 40.0 Å². The van der Waals surface area contributed by atoms with Gasteiger partial charge in [-0.05, 0) is 37.6 Å². The van der Waals surface area contributed by atoms with E-state index in [2.05, 4.69) is 44.1 Å². The number of hydrogen-bond acceptors (Lipinski definition) is 5. The molecule has 10 heteroatoms. The summed E-state index contributed by atoms with van der Waals surface area (Å²) in [7, 11) is 0. The van der Waals surface area contributed by atoms with Crippen LogP contribution in [0.25, 0.3) is 22.2 Å². The maximum atomic E-state index is 6.09. The van der Waals surface area contributed by atoms with Crippen LogP contribution in [0.4, 0.5) is 5.82 Å². The van der Waals surface area contributed by atoms with Gasteiger partial charge in [0.1, 0.15) is 5.82 Å². The lowest BCUT2D eigenvalue weighted by Gasteiger charge is -2.09. The van der Waals surface area contributed by atoms with Gasteiger partial charge in [-0.3, -0.25) is 0 Å². The summed E-state index contributed by atoms with van der Waals surface area (Å²) in [5, 5.41) is 4.44. The summed E-state index contributed by atoms with van der Waals surface area (Å²) in [6.07, 6.45) is 2.40. The number of fused-ring (bicyclic) bond motifs is 2. The molecule has 0 fully saturated rings. The molecule has 3 heterocycles. The van der Waals surface area contributed by atoms with Crippen molar-refractivity contribution in [3.05, 3.63) is 39.6 Å². The number of benzene rings is 1. The van der Waals surface area contributed by atoms with E-state index in [0.717, 1.165) is 16.9 Å². The van der Waals surface area contributed by atoms with Gasteiger partial charge >= 0.3 is 0 Å². The van der Waals surface area contributed by atoms with E-state index in [1.165, 1.54) is 0 Å². The Labute approximate surface area is 170 Å². The molecule has 1 aromatic carbocycles. The molecule has 0 radical (unpaired) electrons. The van der Waals surface area contributed by atoms with Gasteiger partial charge in [-0.1, -0.05) is 23.2 Å². The molecule has 7 nitrogen and oxygen atoms in total. The average molecular weight is 425 g/mol. The van der Waals surface area contributed by atoms with E-state index < -0.39 is 0 Å². The number of aromatic nitrogens is 6. The molecule has 2 N–H and O–H groups in total. The van der Waals surface area contributed by atoms with Crippen LogP contribution in [0.5, 0.6) is 0 Å². The van der Waals surface area contributed by atoms with Gasteiger partial charge in [-0.2, -0.15) is 9.97 Å². The quantitative estimate of drug-likeness (QED) is 0.445. The van der Waals surface area contributed by atoms with Crippen molar-refractivity contribution >= 4 is 62.8 Å². The summed E-state index contributed by atoms with van der Waals surface area (Å²) in [4.78, 5) is 20.8. The Morgan fingerprint density at radius 1 is 1.11 bits per heavy atom. The first kappa shape index (κ1) is 18.3. The van der Waals surface area contributed by atoms with E-state index in [1.54, 1.807) is 18.5 Å². The van der Waals surface area contributed by atoms with Crippen LogP contribution >= 0.6 is 34.8 Å². The summed E-state index contributed by atoms with van der Waals surface area (Å²) >= 11 is 18.2. The third kappa shape index (κ3) is 3.54. The minimum Gasteiger partial charge on any atom is -0.368 e. The topological polar surface area (TPSA) is 84.3 Å². The maximum Gasteiger partial charge on any atom is 0.226 e. The highest BCUT2D eigenvalue weighted by atomic mass is 35.5. The first-order valence-corrected chi connectivity index (χ1v) is 9.53. The highest BCUT2D eigenvalue weighted by molar-refractivity contribution is 6.42. The molecule has 0 unspecified atom stereocenters. The average Bonchev–Trinajstić information content (AvgIpc) is 3.19. The highest BCUT2D eigenvalue weighted by Crippen LogP contribution is 2.27. The molecule has 0 spiro atoms. The third-order valence-electron chi connectivity index (χ3n) is 4.18. The molecular formula is C17H16Cl3N7. The van der Waals surface area contributed by atoms with Crippen molar-refractivity contribution in [2.75, 3.05) is 11.9 Å². The van der Waals surface area contributed by atoms with Crippen LogP contribution in [0, 0.1) is 0 Å². The molecule has 140 valence electrons. The number of H-pyrrole nitrogens is 1. The van der Waals surface area contributed by atoms with Gasteiger partial charge in [0.2, 0.25) is 5.28 Å². The van der Waals surface area contributed by atoms with Crippen molar-refractivity contribution < 1.29 is 0 Å². The summed E-state index contributed by atoms with van der Waals surface area (Å²) < 4.78 is 1.96.